The highest BCUT2D eigenvalue weighted by atomic mass is 32.1. The van der Waals surface area contributed by atoms with E-state index in [9.17, 15) is 0 Å². The van der Waals surface area contributed by atoms with Gasteiger partial charge >= 0.3 is 0 Å². The number of aliphatic imine (C=N–C) groups is 1. The summed E-state index contributed by atoms with van der Waals surface area (Å²) in [5.41, 5.74) is 1.11. The summed E-state index contributed by atoms with van der Waals surface area (Å²) in [6, 6.07) is 8.28. The van der Waals surface area contributed by atoms with E-state index in [0.29, 0.717) is 0 Å². The molecular weight excluding hydrogens is 244 g/mol. The van der Waals surface area contributed by atoms with Crippen LogP contribution in [-0.2, 0) is 6.42 Å². The Kier molecular flexibility index (Phi) is 4.52. The first-order valence-electron chi connectivity index (χ1n) is 6.06. The molecule has 0 fully saturated rings. The van der Waals surface area contributed by atoms with E-state index in [1.807, 2.05) is 13.1 Å². The third-order valence-corrected chi connectivity index (χ3v) is 3.75. The monoisotopic (exact) mass is 262 g/mol. The van der Waals surface area contributed by atoms with E-state index in [1.54, 1.807) is 18.4 Å². The Morgan fingerprint density at radius 3 is 2.94 bits per heavy atom. The van der Waals surface area contributed by atoms with Gasteiger partial charge in [0, 0.05) is 27.1 Å². The molecular formula is C13H18N4S. The van der Waals surface area contributed by atoms with Crippen LogP contribution in [0.25, 0.3) is 10.2 Å². The van der Waals surface area contributed by atoms with Crippen LogP contribution in [0.1, 0.15) is 11.4 Å². The molecule has 96 valence electrons. The smallest absolute Gasteiger partial charge is 0.190 e. The molecule has 2 N–H and O–H groups in total. The fourth-order valence-electron chi connectivity index (χ4n) is 1.75. The maximum atomic E-state index is 4.61. The number of fused-ring (bicyclic) bond motifs is 1. The summed E-state index contributed by atoms with van der Waals surface area (Å²) in [6.45, 7) is 0.906. The van der Waals surface area contributed by atoms with Crippen molar-refractivity contribution < 1.29 is 0 Å². The van der Waals surface area contributed by atoms with Crippen LogP contribution in [0.2, 0.25) is 0 Å². The molecule has 1 aromatic carbocycles. The summed E-state index contributed by atoms with van der Waals surface area (Å²) in [7, 11) is 3.63. The predicted octanol–water partition coefficient (Wildman–Crippen LogP) is 2.02. The minimum absolute atomic E-state index is 0.833. The van der Waals surface area contributed by atoms with Gasteiger partial charge in [-0.25, -0.2) is 4.98 Å². The number of benzene rings is 1. The van der Waals surface area contributed by atoms with Gasteiger partial charge < -0.3 is 10.6 Å². The zero-order valence-electron chi connectivity index (χ0n) is 10.7. The number of hydrogen-bond donors (Lipinski definition) is 2. The summed E-state index contributed by atoms with van der Waals surface area (Å²) >= 11 is 1.78. The second-order valence-corrected chi connectivity index (χ2v) is 5.04. The first-order valence-corrected chi connectivity index (χ1v) is 6.88. The molecule has 2 aromatic rings. The van der Waals surface area contributed by atoms with Crippen molar-refractivity contribution in [3.63, 3.8) is 0 Å². The molecule has 5 heteroatoms. The van der Waals surface area contributed by atoms with Crippen molar-refractivity contribution in [3.05, 3.63) is 29.3 Å². The van der Waals surface area contributed by atoms with Crippen molar-refractivity contribution in [3.8, 4) is 0 Å². The van der Waals surface area contributed by atoms with Gasteiger partial charge in [0.25, 0.3) is 0 Å². The molecule has 0 amide bonds. The molecule has 0 atom stereocenters. The molecule has 0 aliphatic heterocycles. The lowest BCUT2D eigenvalue weighted by molar-refractivity contribution is 0.756. The molecule has 1 heterocycles. The number of guanidine groups is 1. The second-order valence-electron chi connectivity index (χ2n) is 3.93. The fourth-order valence-corrected chi connectivity index (χ4v) is 2.76. The topological polar surface area (TPSA) is 49.3 Å². The van der Waals surface area contributed by atoms with E-state index in [2.05, 4.69) is 38.8 Å². The largest absolute Gasteiger partial charge is 0.359 e. The fraction of sp³-hybridized carbons (Fsp3) is 0.385. The van der Waals surface area contributed by atoms with Gasteiger partial charge in [-0.05, 0) is 18.6 Å². The van der Waals surface area contributed by atoms with Crippen LogP contribution >= 0.6 is 11.3 Å². The van der Waals surface area contributed by atoms with Gasteiger partial charge in [0.05, 0.1) is 15.2 Å². The molecule has 0 radical (unpaired) electrons. The van der Waals surface area contributed by atoms with Crippen molar-refractivity contribution in [1.29, 1.82) is 0 Å². The third-order valence-electron chi connectivity index (χ3n) is 2.66. The minimum atomic E-state index is 0.833. The quantitative estimate of drug-likeness (QED) is 0.503. The lowest BCUT2D eigenvalue weighted by Gasteiger charge is -2.06. The van der Waals surface area contributed by atoms with E-state index in [1.165, 1.54) is 9.71 Å². The van der Waals surface area contributed by atoms with E-state index in [4.69, 9.17) is 0 Å². The van der Waals surface area contributed by atoms with E-state index < -0.39 is 0 Å². The zero-order chi connectivity index (χ0) is 12.8. The molecule has 18 heavy (non-hydrogen) atoms. The second kappa shape index (κ2) is 6.35. The third kappa shape index (κ3) is 3.20. The number of rotatable bonds is 4. The molecule has 2 rings (SSSR count). The SMILES string of the molecule is CN=C(NC)NCCCc1nc2ccccc2s1. The average molecular weight is 262 g/mol. The Bertz CT molecular complexity index is 500. The molecule has 4 nitrogen and oxygen atoms in total. The predicted molar refractivity (Wildman–Crippen MR) is 78.4 cm³/mol. The molecule has 0 unspecified atom stereocenters. The summed E-state index contributed by atoms with van der Waals surface area (Å²) in [4.78, 5) is 8.68. The lowest BCUT2D eigenvalue weighted by Crippen LogP contribution is -2.35. The first-order chi connectivity index (χ1) is 8.83. The molecule has 0 bridgehead atoms. The summed E-state index contributed by atoms with van der Waals surface area (Å²) < 4.78 is 1.27. The van der Waals surface area contributed by atoms with Gasteiger partial charge in [-0.15, -0.1) is 11.3 Å². The summed E-state index contributed by atoms with van der Waals surface area (Å²) in [5.74, 6) is 0.833. The van der Waals surface area contributed by atoms with Crippen LogP contribution in [0, 0.1) is 0 Å². The van der Waals surface area contributed by atoms with Crippen LogP contribution < -0.4 is 10.6 Å². The van der Waals surface area contributed by atoms with E-state index >= 15 is 0 Å². The number of aromatic nitrogens is 1. The Hall–Kier alpha value is -1.62. The summed E-state index contributed by atoms with van der Waals surface area (Å²) in [6.07, 6.45) is 2.06. The van der Waals surface area contributed by atoms with Gasteiger partial charge in [0.1, 0.15) is 0 Å². The molecule has 0 saturated carbocycles. The van der Waals surface area contributed by atoms with E-state index in [-0.39, 0.29) is 0 Å². The zero-order valence-corrected chi connectivity index (χ0v) is 11.5. The molecule has 0 aliphatic rings. The van der Waals surface area contributed by atoms with Crippen molar-refractivity contribution in [2.75, 3.05) is 20.6 Å². The van der Waals surface area contributed by atoms with Gasteiger partial charge in [-0.1, -0.05) is 12.1 Å². The number of hydrogen-bond acceptors (Lipinski definition) is 3. The Morgan fingerprint density at radius 1 is 1.39 bits per heavy atom. The van der Waals surface area contributed by atoms with Crippen LogP contribution in [0.5, 0.6) is 0 Å². The van der Waals surface area contributed by atoms with Crippen molar-refractivity contribution in [2.45, 2.75) is 12.8 Å². The Balaban J connectivity index is 1.83. The molecule has 1 aromatic heterocycles. The van der Waals surface area contributed by atoms with Gasteiger partial charge in [0.15, 0.2) is 5.96 Å². The Labute approximate surface area is 111 Å². The molecule has 0 spiro atoms. The lowest BCUT2D eigenvalue weighted by atomic mass is 10.3. The number of nitrogens with one attached hydrogen (secondary N) is 2. The molecule has 0 saturated heterocycles. The average Bonchev–Trinajstić information content (AvgIpc) is 2.81. The maximum absolute atomic E-state index is 4.61. The standard InChI is InChI=1S/C13H18N4S/c1-14-13(15-2)16-9-5-8-12-17-10-6-3-4-7-11(10)18-12/h3-4,6-7H,5,8-9H2,1-2H3,(H2,14,15,16). The Morgan fingerprint density at radius 2 is 2.22 bits per heavy atom. The van der Waals surface area contributed by atoms with Gasteiger partial charge in [-0.3, -0.25) is 4.99 Å². The highest BCUT2D eigenvalue weighted by Gasteiger charge is 2.02. The van der Waals surface area contributed by atoms with E-state index in [0.717, 1.165) is 30.9 Å². The number of aryl methyl sites for hydroxylation is 1. The number of nitrogens with zero attached hydrogens (tertiary/aromatic N) is 2. The van der Waals surface area contributed by atoms with Crippen LogP contribution in [-0.4, -0.2) is 31.6 Å². The van der Waals surface area contributed by atoms with Gasteiger partial charge in [0.2, 0.25) is 0 Å². The highest BCUT2D eigenvalue weighted by molar-refractivity contribution is 7.18. The normalized spacial score (nSPS) is 11.8. The van der Waals surface area contributed by atoms with Crippen LogP contribution in [0.3, 0.4) is 0 Å². The van der Waals surface area contributed by atoms with Crippen LogP contribution in [0.4, 0.5) is 0 Å². The number of thiazole rings is 1. The first kappa shape index (κ1) is 12.8. The van der Waals surface area contributed by atoms with Crippen molar-refractivity contribution in [2.24, 2.45) is 4.99 Å². The summed E-state index contributed by atoms with van der Waals surface area (Å²) in [5, 5.41) is 7.44. The molecule has 0 aliphatic carbocycles. The van der Waals surface area contributed by atoms with Crippen LogP contribution in [0.15, 0.2) is 29.3 Å². The highest BCUT2D eigenvalue weighted by Crippen LogP contribution is 2.22. The number of para-hydroxylation sites is 1. The maximum Gasteiger partial charge on any atom is 0.190 e. The van der Waals surface area contributed by atoms with Gasteiger partial charge in [-0.2, -0.15) is 0 Å². The minimum Gasteiger partial charge on any atom is -0.359 e. The van der Waals surface area contributed by atoms with Crippen molar-refractivity contribution >= 4 is 27.5 Å². The van der Waals surface area contributed by atoms with Crippen molar-refractivity contribution in [1.82, 2.24) is 15.6 Å².